The molecule has 1 aliphatic rings. The number of hydrogen-bond donors (Lipinski definition) is 1. The highest BCUT2D eigenvalue weighted by Gasteiger charge is 2.29. The molecule has 1 unspecified atom stereocenters. The summed E-state index contributed by atoms with van der Waals surface area (Å²) in [4.78, 5) is 2.54. The van der Waals surface area contributed by atoms with E-state index < -0.39 is 0 Å². The summed E-state index contributed by atoms with van der Waals surface area (Å²) >= 11 is 12.4. The summed E-state index contributed by atoms with van der Waals surface area (Å²) in [6.45, 7) is 8.17. The second-order valence-corrected chi connectivity index (χ2v) is 7.25. The van der Waals surface area contributed by atoms with E-state index in [4.69, 9.17) is 23.2 Å². The first-order valence-electron chi connectivity index (χ1n) is 7.26. The average molecular weight is 315 g/mol. The van der Waals surface area contributed by atoms with Gasteiger partial charge in [-0.05, 0) is 50.0 Å². The molecule has 1 N–H and O–H groups in total. The smallest absolute Gasteiger partial charge is 0.0640 e. The summed E-state index contributed by atoms with van der Waals surface area (Å²) in [6.07, 6.45) is 2.34. The predicted octanol–water partition coefficient (Wildman–Crippen LogP) is 4.38. The van der Waals surface area contributed by atoms with Gasteiger partial charge in [-0.2, -0.15) is 0 Å². The van der Waals surface area contributed by atoms with Crippen molar-refractivity contribution >= 4 is 23.2 Å². The van der Waals surface area contributed by atoms with Crippen molar-refractivity contribution in [1.82, 2.24) is 10.2 Å². The number of nitrogens with zero attached hydrogens (tertiary/aromatic N) is 1. The Labute approximate surface area is 132 Å². The van der Waals surface area contributed by atoms with E-state index in [0.717, 1.165) is 18.5 Å². The molecule has 0 spiro atoms. The molecule has 0 aromatic heterocycles. The minimum Gasteiger partial charge on any atom is -0.313 e. The topological polar surface area (TPSA) is 15.3 Å². The molecule has 4 heteroatoms. The maximum atomic E-state index is 6.32. The molecule has 1 aliphatic heterocycles. The van der Waals surface area contributed by atoms with Crippen LogP contribution in [0.5, 0.6) is 0 Å². The molecule has 2 rings (SSSR count). The van der Waals surface area contributed by atoms with Gasteiger partial charge in [0.2, 0.25) is 0 Å². The van der Waals surface area contributed by atoms with Crippen LogP contribution in [0, 0.1) is 5.41 Å². The van der Waals surface area contributed by atoms with Gasteiger partial charge < -0.3 is 10.2 Å². The van der Waals surface area contributed by atoms with Crippen molar-refractivity contribution in [3.05, 3.63) is 33.8 Å². The van der Waals surface area contributed by atoms with E-state index in [1.54, 1.807) is 0 Å². The van der Waals surface area contributed by atoms with E-state index >= 15 is 0 Å². The predicted molar refractivity (Wildman–Crippen MR) is 87.7 cm³/mol. The van der Waals surface area contributed by atoms with Crippen LogP contribution in [0.4, 0.5) is 0 Å². The van der Waals surface area contributed by atoms with Crippen molar-refractivity contribution in [3.63, 3.8) is 0 Å². The molecule has 1 fully saturated rings. The summed E-state index contributed by atoms with van der Waals surface area (Å²) in [7, 11) is 1.98. The number of hydrogen-bond acceptors (Lipinski definition) is 2. The van der Waals surface area contributed by atoms with E-state index in [1.807, 2.05) is 19.2 Å². The monoisotopic (exact) mass is 314 g/mol. The van der Waals surface area contributed by atoms with Gasteiger partial charge in [0.15, 0.2) is 0 Å². The van der Waals surface area contributed by atoms with Crippen molar-refractivity contribution < 1.29 is 0 Å². The number of benzene rings is 1. The lowest BCUT2D eigenvalue weighted by Crippen LogP contribution is -2.28. The molecule has 20 heavy (non-hydrogen) atoms. The van der Waals surface area contributed by atoms with E-state index in [2.05, 4.69) is 30.1 Å². The first kappa shape index (κ1) is 16.1. The van der Waals surface area contributed by atoms with Gasteiger partial charge in [-0.1, -0.05) is 49.2 Å². The lowest BCUT2D eigenvalue weighted by molar-refractivity contribution is 0.276. The molecule has 0 aliphatic carbocycles. The Balaban J connectivity index is 1.98. The van der Waals surface area contributed by atoms with Gasteiger partial charge in [-0.3, -0.25) is 0 Å². The molecule has 0 bridgehead atoms. The Hall–Kier alpha value is -0.280. The quantitative estimate of drug-likeness (QED) is 0.867. The molecule has 0 saturated carbocycles. The van der Waals surface area contributed by atoms with Crippen LogP contribution < -0.4 is 5.32 Å². The molecule has 0 amide bonds. The first-order valence-corrected chi connectivity index (χ1v) is 8.02. The van der Waals surface area contributed by atoms with Crippen LogP contribution in [0.15, 0.2) is 18.2 Å². The van der Waals surface area contributed by atoms with Crippen LogP contribution in [0.2, 0.25) is 10.0 Å². The minimum atomic E-state index is 0.255. The van der Waals surface area contributed by atoms with Crippen LogP contribution in [-0.4, -0.2) is 31.6 Å². The van der Waals surface area contributed by atoms with Gasteiger partial charge >= 0.3 is 0 Å². The molecule has 2 nitrogen and oxygen atoms in total. The highest BCUT2D eigenvalue weighted by molar-refractivity contribution is 6.42. The van der Waals surface area contributed by atoms with Crippen LogP contribution in [-0.2, 0) is 0 Å². The highest BCUT2D eigenvalue weighted by atomic mass is 35.5. The van der Waals surface area contributed by atoms with E-state index in [1.165, 1.54) is 19.5 Å². The van der Waals surface area contributed by atoms with Gasteiger partial charge in [0, 0.05) is 12.6 Å². The van der Waals surface area contributed by atoms with Gasteiger partial charge in [0.05, 0.1) is 10.0 Å². The minimum absolute atomic E-state index is 0.255. The maximum absolute atomic E-state index is 6.32. The van der Waals surface area contributed by atoms with E-state index in [-0.39, 0.29) is 6.04 Å². The summed E-state index contributed by atoms with van der Waals surface area (Å²) in [5.74, 6) is 0. The molecule has 1 aromatic carbocycles. The molecule has 1 atom stereocenters. The zero-order valence-electron chi connectivity index (χ0n) is 12.5. The molecular weight excluding hydrogens is 291 g/mol. The average Bonchev–Trinajstić information content (AvgIpc) is 2.74. The fourth-order valence-corrected chi connectivity index (χ4v) is 3.41. The Bertz CT molecular complexity index is 460. The van der Waals surface area contributed by atoms with Crippen LogP contribution in [0.25, 0.3) is 0 Å². The van der Waals surface area contributed by atoms with Crippen LogP contribution in [0.1, 0.15) is 38.3 Å². The lowest BCUT2D eigenvalue weighted by atomic mass is 9.93. The number of likely N-dealkylation sites (tertiary alicyclic amines) is 1. The maximum Gasteiger partial charge on any atom is 0.0640 e. The molecule has 0 radical (unpaired) electrons. The molecule has 1 saturated heterocycles. The Kier molecular flexibility index (Phi) is 5.36. The van der Waals surface area contributed by atoms with Crippen molar-refractivity contribution in [2.45, 2.75) is 32.7 Å². The Morgan fingerprint density at radius 2 is 2.10 bits per heavy atom. The molecular formula is C16H24Cl2N2. The fraction of sp³-hybridized carbons (Fsp3) is 0.625. The second kappa shape index (κ2) is 6.65. The molecule has 1 aromatic rings. The molecule has 1 heterocycles. The number of nitrogens with one attached hydrogen (secondary N) is 1. The standard InChI is InChI=1S/C16H24Cl2N2/c1-16(2)8-10-20(11-16)9-7-14(19-3)12-5-4-6-13(17)15(12)18/h4-6,14,19H,7-11H2,1-3H3. The largest absolute Gasteiger partial charge is 0.313 e. The highest BCUT2D eigenvalue weighted by Crippen LogP contribution is 2.33. The van der Waals surface area contributed by atoms with Crippen LogP contribution >= 0.6 is 23.2 Å². The van der Waals surface area contributed by atoms with Crippen LogP contribution in [0.3, 0.4) is 0 Å². The summed E-state index contributed by atoms with van der Waals surface area (Å²) < 4.78 is 0. The van der Waals surface area contributed by atoms with E-state index in [9.17, 15) is 0 Å². The lowest BCUT2D eigenvalue weighted by Gasteiger charge is -2.23. The molecule has 112 valence electrons. The third-order valence-electron chi connectivity index (χ3n) is 4.20. The van der Waals surface area contributed by atoms with Crippen molar-refractivity contribution in [2.24, 2.45) is 5.41 Å². The second-order valence-electron chi connectivity index (χ2n) is 6.46. The first-order chi connectivity index (χ1) is 9.43. The number of halogens is 2. The van der Waals surface area contributed by atoms with Gasteiger partial charge in [-0.15, -0.1) is 0 Å². The van der Waals surface area contributed by atoms with Crippen molar-refractivity contribution in [3.8, 4) is 0 Å². The normalized spacial score (nSPS) is 20.2. The number of rotatable bonds is 5. The van der Waals surface area contributed by atoms with Crippen molar-refractivity contribution in [1.29, 1.82) is 0 Å². The Morgan fingerprint density at radius 1 is 1.35 bits per heavy atom. The van der Waals surface area contributed by atoms with Gasteiger partial charge in [0.25, 0.3) is 0 Å². The van der Waals surface area contributed by atoms with E-state index in [0.29, 0.717) is 15.5 Å². The zero-order valence-corrected chi connectivity index (χ0v) is 14.1. The summed E-state index contributed by atoms with van der Waals surface area (Å²) in [5, 5.41) is 4.67. The third kappa shape index (κ3) is 3.88. The van der Waals surface area contributed by atoms with Gasteiger partial charge in [-0.25, -0.2) is 0 Å². The Morgan fingerprint density at radius 3 is 2.70 bits per heavy atom. The summed E-state index contributed by atoms with van der Waals surface area (Å²) in [6, 6.07) is 6.11. The van der Waals surface area contributed by atoms with Crippen molar-refractivity contribution in [2.75, 3.05) is 26.7 Å². The van der Waals surface area contributed by atoms with Gasteiger partial charge in [0.1, 0.15) is 0 Å². The summed E-state index contributed by atoms with van der Waals surface area (Å²) in [5.41, 5.74) is 1.56. The zero-order chi connectivity index (χ0) is 14.8. The fourth-order valence-electron chi connectivity index (χ4n) is 2.97. The third-order valence-corrected chi connectivity index (χ3v) is 5.03. The SMILES string of the molecule is CNC(CCN1CCC(C)(C)C1)c1cccc(Cl)c1Cl.